The van der Waals surface area contributed by atoms with Crippen LogP contribution in [0.1, 0.15) is 56.9 Å². The summed E-state index contributed by atoms with van der Waals surface area (Å²) in [4.78, 5) is 1.55. The number of nitrogens with one attached hydrogen (secondary N) is 1. The fourth-order valence-corrected chi connectivity index (χ4v) is 7.07. The molecule has 6 heteroatoms. The van der Waals surface area contributed by atoms with E-state index in [-0.39, 0.29) is 0 Å². The Labute approximate surface area is 155 Å². The van der Waals surface area contributed by atoms with E-state index in [2.05, 4.69) is 10.8 Å². The van der Waals surface area contributed by atoms with E-state index in [0.717, 1.165) is 36.5 Å². The fraction of sp³-hybridized carbons (Fsp3) is 0.684. The van der Waals surface area contributed by atoms with Crippen LogP contribution < -0.4 is 4.72 Å². The molecule has 2 aliphatic heterocycles. The highest BCUT2D eigenvalue weighted by Gasteiger charge is 2.30. The second-order valence-electron chi connectivity index (χ2n) is 7.66. The number of hydrogen-bond acceptors (Lipinski definition) is 4. The van der Waals surface area contributed by atoms with E-state index in [1.807, 2.05) is 12.1 Å². The van der Waals surface area contributed by atoms with Crippen molar-refractivity contribution in [1.29, 1.82) is 0 Å². The number of fused-ring (bicyclic) bond motifs is 1. The first kappa shape index (κ1) is 17.8. The monoisotopic (exact) mass is 380 g/mol. The van der Waals surface area contributed by atoms with Gasteiger partial charge in [0.1, 0.15) is 0 Å². The molecule has 1 aromatic carbocycles. The number of rotatable bonds is 3. The summed E-state index contributed by atoms with van der Waals surface area (Å²) in [5.41, 5.74) is 1.30. The zero-order valence-electron chi connectivity index (χ0n) is 14.7. The number of piperidine rings is 1. The van der Waals surface area contributed by atoms with Crippen LogP contribution in [0.15, 0.2) is 28.0 Å². The highest BCUT2D eigenvalue weighted by atomic mass is 32.2. The van der Waals surface area contributed by atoms with E-state index in [0.29, 0.717) is 24.0 Å². The topological polar surface area (TPSA) is 49.4 Å². The van der Waals surface area contributed by atoms with Crippen LogP contribution in [0.2, 0.25) is 0 Å². The van der Waals surface area contributed by atoms with Gasteiger partial charge in [0, 0.05) is 24.0 Å². The van der Waals surface area contributed by atoms with Crippen LogP contribution in [0, 0.1) is 5.92 Å². The molecule has 0 bridgehead atoms. The van der Waals surface area contributed by atoms with E-state index in [1.54, 1.807) is 16.3 Å². The summed E-state index contributed by atoms with van der Waals surface area (Å²) < 4.78 is 31.0. The summed E-state index contributed by atoms with van der Waals surface area (Å²) in [6.07, 6.45) is 10.9. The van der Waals surface area contributed by atoms with Crippen LogP contribution >= 0.6 is 11.9 Å². The normalized spacial score (nSPS) is 26.3. The first-order valence-electron chi connectivity index (χ1n) is 9.70. The molecule has 1 saturated heterocycles. The van der Waals surface area contributed by atoms with Gasteiger partial charge in [-0.15, -0.1) is 0 Å². The lowest BCUT2D eigenvalue weighted by Crippen LogP contribution is -2.38. The molecule has 1 atom stereocenters. The third kappa shape index (κ3) is 3.77. The minimum absolute atomic E-state index is 0.457. The molecule has 1 N–H and O–H groups in total. The summed E-state index contributed by atoms with van der Waals surface area (Å²) in [6.45, 7) is 1.32. The maximum Gasteiger partial charge on any atom is 0.243 e. The maximum absolute atomic E-state index is 12.9. The SMILES string of the molecule is O=S(=O)(c1ccc2c(c1)SNC(C1CCCCC1)C2)N1CCCCC1. The quantitative estimate of drug-likeness (QED) is 0.807. The van der Waals surface area contributed by atoms with Crippen LogP contribution in [0.3, 0.4) is 0 Å². The summed E-state index contributed by atoms with van der Waals surface area (Å²) in [6, 6.07) is 6.29. The number of sulfonamides is 1. The molecule has 3 aliphatic rings. The largest absolute Gasteiger partial charge is 0.256 e. The van der Waals surface area contributed by atoms with Crippen LogP contribution in [0.25, 0.3) is 0 Å². The molecular formula is C19H28N2O2S2. The first-order chi connectivity index (χ1) is 12.1. The highest BCUT2D eigenvalue weighted by molar-refractivity contribution is 7.97. The van der Waals surface area contributed by atoms with Gasteiger partial charge in [0.25, 0.3) is 0 Å². The molecule has 1 aromatic rings. The Kier molecular flexibility index (Phi) is 5.41. The van der Waals surface area contributed by atoms with Crippen molar-refractivity contribution in [1.82, 2.24) is 9.03 Å². The van der Waals surface area contributed by atoms with Crippen molar-refractivity contribution < 1.29 is 8.42 Å². The summed E-state index contributed by atoms with van der Waals surface area (Å²) >= 11 is 1.63. The van der Waals surface area contributed by atoms with E-state index in [9.17, 15) is 8.42 Å². The fourth-order valence-electron chi connectivity index (χ4n) is 4.43. The van der Waals surface area contributed by atoms with Crippen molar-refractivity contribution in [3.63, 3.8) is 0 Å². The van der Waals surface area contributed by atoms with Crippen molar-refractivity contribution in [2.75, 3.05) is 13.1 Å². The molecule has 0 aromatic heterocycles. The first-order valence-corrected chi connectivity index (χ1v) is 12.0. The van der Waals surface area contributed by atoms with Crippen molar-refractivity contribution in [3.8, 4) is 0 Å². The predicted octanol–water partition coefficient (Wildman–Crippen LogP) is 3.96. The zero-order valence-corrected chi connectivity index (χ0v) is 16.4. The van der Waals surface area contributed by atoms with Crippen molar-refractivity contribution in [3.05, 3.63) is 23.8 Å². The summed E-state index contributed by atoms with van der Waals surface area (Å²) in [5, 5.41) is 0. The average molecular weight is 381 g/mol. The smallest absolute Gasteiger partial charge is 0.243 e. The summed E-state index contributed by atoms with van der Waals surface area (Å²) in [7, 11) is -3.34. The van der Waals surface area contributed by atoms with Gasteiger partial charge >= 0.3 is 0 Å². The Morgan fingerprint density at radius 2 is 1.72 bits per heavy atom. The van der Waals surface area contributed by atoms with Gasteiger partial charge in [-0.1, -0.05) is 31.7 Å². The van der Waals surface area contributed by atoms with Gasteiger partial charge in [-0.25, -0.2) is 8.42 Å². The maximum atomic E-state index is 12.9. The summed E-state index contributed by atoms with van der Waals surface area (Å²) in [5.74, 6) is 0.770. The third-order valence-electron chi connectivity index (χ3n) is 5.97. The van der Waals surface area contributed by atoms with Crippen LogP contribution in [-0.4, -0.2) is 31.9 Å². The highest BCUT2D eigenvalue weighted by Crippen LogP contribution is 2.36. The molecule has 0 spiro atoms. The minimum Gasteiger partial charge on any atom is -0.256 e. The van der Waals surface area contributed by atoms with E-state index in [1.165, 1.54) is 37.7 Å². The Morgan fingerprint density at radius 1 is 1.00 bits per heavy atom. The van der Waals surface area contributed by atoms with Crippen molar-refractivity contribution in [2.45, 2.75) is 73.6 Å². The number of nitrogens with zero attached hydrogens (tertiary/aromatic N) is 1. The molecule has 2 fully saturated rings. The van der Waals surface area contributed by atoms with Crippen LogP contribution in [-0.2, 0) is 16.4 Å². The molecule has 1 unspecified atom stereocenters. The average Bonchev–Trinajstić information content (AvgIpc) is 2.68. The van der Waals surface area contributed by atoms with Crippen molar-refractivity contribution in [2.24, 2.45) is 5.92 Å². The number of hydrogen-bond donors (Lipinski definition) is 1. The lowest BCUT2D eigenvalue weighted by molar-refractivity contribution is 0.290. The Morgan fingerprint density at radius 3 is 2.48 bits per heavy atom. The molecule has 0 radical (unpaired) electrons. The third-order valence-corrected chi connectivity index (χ3v) is 8.89. The van der Waals surface area contributed by atoms with Crippen LogP contribution in [0.5, 0.6) is 0 Å². The molecule has 1 saturated carbocycles. The molecule has 0 amide bonds. The Balaban J connectivity index is 1.51. The van der Waals surface area contributed by atoms with E-state index in [4.69, 9.17) is 0 Å². The van der Waals surface area contributed by atoms with E-state index < -0.39 is 10.0 Å². The van der Waals surface area contributed by atoms with Gasteiger partial charge in [-0.2, -0.15) is 4.31 Å². The van der Waals surface area contributed by atoms with Gasteiger partial charge in [0.05, 0.1) is 4.90 Å². The van der Waals surface area contributed by atoms with E-state index >= 15 is 0 Å². The van der Waals surface area contributed by atoms with Crippen molar-refractivity contribution >= 4 is 22.0 Å². The lowest BCUT2D eigenvalue weighted by atomic mass is 9.82. The van der Waals surface area contributed by atoms with Gasteiger partial charge in [0.2, 0.25) is 10.0 Å². The molecule has 2 heterocycles. The molecule has 1 aliphatic carbocycles. The Hall–Kier alpha value is -0.560. The second kappa shape index (κ2) is 7.59. The second-order valence-corrected chi connectivity index (χ2v) is 10.5. The van der Waals surface area contributed by atoms with Gasteiger partial charge in [0.15, 0.2) is 0 Å². The minimum atomic E-state index is -3.34. The zero-order chi connectivity index (χ0) is 17.3. The molecule has 4 nitrogen and oxygen atoms in total. The number of benzene rings is 1. The van der Waals surface area contributed by atoms with Gasteiger partial charge in [-0.05, 0) is 67.7 Å². The Bertz CT molecular complexity index is 708. The van der Waals surface area contributed by atoms with Crippen LogP contribution in [0.4, 0.5) is 0 Å². The molecule has 138 valence electrons. The molecule has 4 rings (SSSR count). The predicted molar refractivity (Wildman–Crippen MR) is 102 cm³/mol. The molecular weight excluding hydrogens is 352 g/mol. The standard InChI is InChI=1S/C19H28N2O2S2/c22-25(23,21-11-5-2-6-12-21)17-10-9-16-13-18(20-24-19(16)14-17)15-7-3-1-4-8-15/h9-10,14-15,18,20H,1-8,11-13H2. The van der Waals surface area contributed by atoms with Gasteiger partial charge in [-0.3, -0.25) is 4.72 Å². The molecule has 25 heavy (non-hydrogen) atoms. The van der Waals surface area contributed by atoms with Gasteiger partial charge < -0.3 is 0 Å². The lowest BCUT2D eigenvalue weighted by Gasteiger charge is -2.34.